The summed E-state index contributed by atoms with van der Waals surface area (Å²) in [4.78, 5) is 20.3. The second kappa shape index (κ2) is 7.35. The maximum atomic E-state index is 12.2. The molecule has 0 saturated heterocycles. The van der Waals surface area contributed by atoms with Crippen molar-refractivity contribution in [3.05, 3.63) is 79.0 Å². The number of hydroxylamine groups is 1. The maximum absolute atomic E-state index is 12.2. The lowest BCUT2D eigenvalue weighted by atomic mass is 10.1. The summed E-state index contributed by atoms with van der Waals surface area (Å²) >= 11 is 0. The van der Waals surface area contributed by atoms with E-state index >= 15 is 0 Å². The van der Waals surface area contributed by atoms with Crippen molar-refractivity contribution in [3.8, 4) is 11.1 Å². The van der Waals surface area contributed by atoms with Crippen molar-refractivity contribution in [2.75, 3.05) is 0 Å². The Balaban J connectivity index is 1.71. The third kappa shape index (κ3) is 3.54. The SMILES string of the molecule is O=C(NO)C(Cc1ccccc1)n1cc2cc(-c3cncnc3)ccc2n1. The van der Waals surface area contributed by atoms with Gasteiger partial charge in [-0.05, 0) is 23.3 Å². The molecule has 0 saturated carbocycles. The van der Waals surface area contributed by atoms with Crippen molar-refractivity contribution in [3.63, 3.8) is 0 Å². The first-order valence-corrected chi connectivity index (χ1v) is 8.47. The fraction of sp³-hybridized carbons (Fsp3) is 0.100. The van der Waals surface area contributed by atoms with Gasteiger partial charge in [-0.3, -0.25) is 14.7 Å². The van der Waals surface area contributed by atoms with E-state index in [1.54, 1.807) is 22.6 Å². The van der Waals surface area contributed by atoms with Crippen LogP contribution in [0.1, 0.15) is 11.6 Å². The fourth-order valence-electron chi connectivity index (χ4n) is 3.05. The standard InChI is InChI=1S/C20H17N5O2/c26-20(24-27)19(8-14-4-2-1-3-5-14)25-12-16-9-15(6-7-18(16)23-25)17-10-21-13-22-11-17/h1-7,9-13,19,27H,8H2,(H,24,26). The van der Waals surface area contributed by atoms with Crippen molar-refractivity contribution in [1.29, 1.82) is 0 Å². The number of amides is 1. The number of nitrogens with one attached hydrogen (secondary N) is 1. The molecule has 1 amide bonds. The summed E-state index contributed by atoms with van der Waals surface area (Å²) in [5.74, 6) is -0.511. The maximum Gasteiger partial charge on any atom is 0.268 e. The minimum absolute atomic E-state index is 0.417. The van der Waals surface area contributed by atoms with E-state index in [-0.39, 0.29) is 0 Å². The molecular weight excluding hydrogens is 342 g/mol. The predicted molar refractivity (Wildman–Crippen MR) is 99.9 cm³/mol. The van der Waals surface area contributed by atoms with E-state index < -0.39 is 11.9 Å². The van der Waals surface area contributed by atoms with Gasteiger partial charge in [0.2, 0.25) is 0 Å². The zero-order chi connectivity index (χ0) is 18.6. The molecule has 0 aliphatic heterocycles. The molecule has 0 radical (unpaired) electrons. The average Bonchev–Trinajstić information content (AvgIpc) is 3.16. The van der Waals surface area contributed by atoms with Crippen molar-refractivity contribution in [2.24, 2.45) is 0 Å². The summed E-state index contributed by atoms with van der Waals surface area (Å²) in [5, 5.41) is 14.6. The van der Waals surface area contributed by atoms with E-state index in [0.717, 1.165) is 27.6 Å². The van der Waals surface area contributed by atoms with Gasteiger partial charge in [0.1, 0.15) is 12.4 Å². The van der Waals surface area contributed by atoms with E-state index in [9.17, 15) is 4.79 Å². The minimum Gasteiger partial charge on any atom is -0.289 e. The van der Waals surface area contributed by atoms with Gasteiger partial charge in [-0.1, -0.05) is 36.4 Å². The second-order valence-electron chi connectivity index (χ2n) is 6.19. The highest BCUT2D eigenvalue weighted by molar-refractivity contribution is 5.85. The van der Waals surface area contributed by atoms with E-state index in [1.807, 2.05) is 54.7 Å². The van der Waals surface area contributed by atoms with Crippen LogP contribution in [0.15, 0.2) is 73.4 Å². The molecule has 2 aromatic carbocycles. The Morgan fingerprint density at radius 3 is 2.59 bits per heavy atom. The Morgan fingerprint density at radius 2 is 1.85 bits per heavy atom. The van der Waals surface area contributed by atoms with Gasteiger partial charge in [0.15, 0.2) is 0 Å². The molecule has 7 heteroatoms. The number of rotatable bonds is 5. The Morgan fingerprint density at radius 1 is 1.07 bits per heavy atom. The molecule has 0 spiro atoms. The lowest BCUT2D eigenvalue weighted by Gasteiger charge is -2.15. The largest absolute Gasteiger partial charge is 0.289 e. The third-order valence-corrected chi connectivity index (χ3v) is 4.42. The lowest BCUT2D eigenvalue weighted by Crippen LogP contribution is -2.32. The van der Waals surface area contributed by atoms with Gasteiger partial charge in [0, 0.05) is 36.0 Å². The molecule has 7 nitrogen and oxygen atoms in total. The number of hydrogen-bond donors (Lipinski definition) is 2. The van der Waals surface area contributed by atoms with Crippen LogP contribution in [0.3, 0.4) is 0 Å². The summed E-state index contributed by atoms with van der Waals surface area (Å²) < 4.78 is 1.59. The zero-order valence-corrected chi connectivity index (χ0v) is 14.4. The van der Waals surface area contributed by atoms with Gasteiger partial charge >= 0.3 is 0 Å². The third-order valence-electron chi connectivity index (χ3n) is 4.42. The van der Waals surface area contributed by atoms with Crippen molar-refractivity contribution in [2.45, 2.75) is 12.5 Å². The monoisotopic (exact) mass is 359 g/mol. The minimum atomic E-state index is -0.659. The summed E-state index contributed by atoms with van der Waals surface area (Å²) in [7, 11) is 0. The summed E-state index contributed by atoms with van der Waals surface area (Å²) in [6.45, 7) is 0. The Kier molecular flexibility index (Phi) is 4.59. The van der Waals surface area contributed by atoms with Crippen LogP contribution in [0.4, 0.5) is 0 Å². The van der Waals surface area contributed by atoms with Gasteiger partial charge in [-0.25, -0.2) is 15.4 Å². The molecule has 1 atom stereocenters. The smallest absolute Gasteiger partial charge is 0.268 e. The predicted octanol–water partition coefficient (Wildman–Crippen LogP) is 2.78. The van der Waals surface area contributed by atoms with Crippen LogP contribution in [0.2, 0.25) is 0 Å². The molecule has 27 heavy (non-hydrogen) atoms. The molecule has 1 unspecified atom stereocenters. The van der Waals surface area contributed by atoms with E-state index in [2.05, 4.69) is 15.1 Å². The number of fused-ring (bicyclic) bond motifs is 1. The van der Waals surface area contributed by atoms with Crippen LogP contribution in [0, 0.1) is 0 Å². The quantitative estimate of drug-likeness (QED) is 0.422. The molecule has 0 aliphatic carbocycles. The average molecular weight is 359 g/mol. The van der Waals surface area contributed by atoms with E-state index in [4.69, 9.17) is 5.21 Å². The van der Waals surface area contributed by atoms with Crippen LogP contribution in [-0.4, -0.2) is 30.9 Å². The lowest BCUT2D eigenvalue weighted by molar-refractivity contribution is -0.132. The molecule has 0 bridgehead atoms. The van der Waals surface area contributed by atoms with Gasteiger partial charge in [0.25, 0.3) is 5.91 Å². The van der Waals surface area contributed by atoms with Crippen LogP contribution < -0.4 is 5.48 Å². The van der Waals surface area contributed by atoms with E-state index in [1.165, 1.54) is 6.33 Å². The fourth-order valence-corrected chi connectivity index (χ4v) is 3.05. The molecule has 0 fully saturated rings. The number of benzene rings is 2. The molecule has 2 N–H and O–H groups in total. The normalized spacial score (nSPS) is 12.0. The number of nitrogens with zero attached hydrogens (tertiary/aromatic N) is 4. The van der Waals surface area contributed by atoms with E-state index in [0.29, 0.717) is 6.42 Å². The summed E-state index contributed by atoms with van der Waals surface area (Å²) in [6, 6.07) is 14.8. The first kappa shape index (κ1) is 16.9. The zero-order valence-electron chi connectivity index (χ0n) is 14.4. The Labute approximate surface area is 155 Å². The van der Waals surface area contributed by atoms with Gasteiger partial charge in [-0.2, -0.15) is 5.10 Å². The summed E-state index contributed by atoms with van der Waals surface area (Å²) in [5.41, 5.74) is 5.36. The van der Waals surface area contributed by atoms with Crippen LogP contribution in [0.5, 0.6) is 0 Å². The summed E-state index contributed by atoms with van der Waals surface area (Å²) in [6.07, 6.45) is 7.21. The number of aromatic nitrogens is 4. The number of hydrogen-bond acceptors (Lipinski definition) is 5. The van der Waals surface area contributed by atoms with Crippen LogP contribution in [-0.2, 0) is 11.2 Å². The highest BCUT2D eigenvalue weighted by Crippen LogP contribution is 2.24. The molecule has 2 aromatic heterocycles. The second-order valence-corrected chi connectivity index (χ2v) is 6.19. The first-order valence-electron chi connectivity index (χ1n) is 8.47. The van der Waals surface area contributed by atoms with Crippen molar-refractivity contribution < 1.29 is 10.0 Å². The van der Waals surface area contributed by atoms with Crippen LogP contribution in [0.25, 0.3) is 22.0 Å². The Hall–Kier alpha value is -3.58. The Bertz CT molecular complexity index is 1060. The highest BCUT2D eigenvalue weighted by Gasteiger charge is 2.22. The van der Waals surface area contributed by atoms with Crippen molar-refractivity contribution >= 4 is 16.8 Å². The first-order chi connectivity index (χ1) is 13.2. The molecule has 4 rings (SSSR count). The molecule has 134 valence electrons. The van der Waals surface area contributed by atoms with Crippen LogP contribution >= 0.6 is 0 Å². The number of carbonyl (C=O) groups is 1. The molecule has 2 heterocycles. The topological polar surface area (TPSA) is 92.9 Å². The van der Waals surface area contributed by atoms with Gasteiger partial charge < -0.3 is 0 Å². The highest BCUT2D eigenvalue weighted by atomic mass is 16.5. The number of carbonyl (C=O) groups excluding carboxylic acids is 1. The van der Waals surface area contributed by atoms with Gasteiger partial charge in [-0.15, -0.1) is 0 Å². The molecule has 4 aromatic rings. The van der Waals surface area contributed by atoms with Crippen molar-refractivity contribution in [1.82, 2.24) is 25.2 Å². The molecular formula is C20H17N5O2. The molecule has 0 aliphatic rings. The van der Waals surface area contributed by atoms with Gasteiger partial charge in [0.05, 0.1) is 5.52 Å².